The summed E-state index contributed by atoms with van der Waals surface area (Å²) >= 11 is 1.42. The molecule has 3 rings (SSSR count). The second-order valence-electron chi connectivity index (χ2n) is 5.11. The van der Waals surface area contributed by atoms with Crippen LogP contribution in [-0.2, 0) is 27.3 Å². The molecule has 1 aliphatic carbocycles. The molecule has 8 heteroatoms. The van der Waals surface area contributed by atoms with Crippen molar-refractivity contribution in [3.05, 3.63) is 27.1 Å². The third kappa shape index (κ3) is 2.29. The van der Waals surface area contributed by atoms with Gasteiger partial charge in [-0.3, -0.25) is 19.0 Å². The second-order valence-corrected chi connectivity index (χ2v) is 6.19. The van der Waals surface area contributed by atoms with E-state index in [2.05, 4.69) is 4.98 Å². The van der Waals surface area contributed by atoms with Gasteiger partial charge in [0, 0.05) is 4.88 Å². The Morgan fingerprint density at radius 1 is 1.55 bits per heavy atom. The predicted octanol–water partition coefficient (Wildman–Crippen LogP) is 0.536. The molecule has 0 spiro atoms. The average Bonchev–Trinajstić information content (AvgIpc) is 3.00. The zero-order valence-electron chi connectivity index (χ0n) is 12.0. The molecule has 0 aromatic carbocycles. The van der Waals surface area contributed by atoms with E-state index < -0.39 is 11.8 Å². The molecule has 0 fully saturated rings. The van der Waals surface area contributed by atoms with Crippen LogP contribution in [0.4, 0.5) is 0 Å². The Morgan fingerprint density at radius 2 is 2.32 bits per heavy atom. The average molecular weight is 321 g/mol. The highest BCUT2D eigenvalue weighted by molar-refractivity contribution is 7.18. The van der Waals surface area contributed by atoms with Gasteiger partial charge in [-0.1, -0.05) is 0 Å². The minimum Gasteiger partial charge on any atom is -0.466 e. The lowest BCUT2D eigenvalue weighted by Gasteiger charge is -2.10. The molecule has 0 saturated heterocycles. The monoisotopic (exact) mass is 321 g/mol. The SMILES string of the molecule is CCOC(=O)C1CCc2sc3ncn(CC(N)=O)c(=O)c3c21. The van der Waals surface area contributed by atoms with Crippen molar-refractivity contribution in [2.24, 2.45) is 5.73 Å². The van der Waals surface area contributed by atoms with Gasteiger partial charge in [0.25, 0.3) is 5.56 Å². The van der Waals surface area contributed by atoms with Gasteiger partial charge in [0.2, 0.25) is 5.91 Å². The van der Waals surface area contributed by atoms with Crippen LogP contribution in [0.5, 0.6) is 0 Å². The van der Waals surface area contributed by atoms with Crippen LogP contribution in [0.2, 0.25) is 0 Å². The van der Waals surface area contributed by atoms with E-state index in [0.29, 0.717) is 23.2 Å². The molecule has 7 nitrogen and oxygen atoms in total. The Labute approximate surface area is 129 Å². The molecule has 2 aromatic heterocycles. The van der Waals surface area contributed by atoms with Gasteiger partial charge in [-0.05, 0) is 25.3 Å². The molecule has 2 aromatic rings. The summed E-state index contributed by atoms with van der Waals surface area (Å²) in [6, 6.07) is 0. The number of rotatable bonds is 4. The van der Waals surface area contributed by atoms with Crippen LogP contribution in [0, 0.1) is 0 Å². The Bertz CT molecular complexity index is 823. The highest BCUT2D eigenvalue weighted by atomic mass is 32.1. The number of primary amides is 1. The van der Waals surface area contributed by atoms with E-state index in [1.54, 1.807) is 6.92 Å². The summed E-state index contributed by atoms with van der Waals surface area (Å²) in [4.78, 5) is 41.5. The van der Waals surface area contributed by atoms with Gasteiger partial charge in [-0.25, -0.2) is 4.98 Å². The van der Waals surface area contributed by atoms with E-state index in [4.69, 9.17) is 10.5 Å². The van der Waals surface area contributed by atoms with E-state index in [0.717, 1.165) is 16.9 Å². The Hall–Kier alpha value is -2.22. The number of hydrogen-bond donors (Lipinski definition) is 1. The first-order valence-corrected chi connectivity index (χ1v) is 7.80. The largest absolute Gasteiger partial charge is 0.466 e. The van der Waals surface area contributed by atoms with Gasteiger partial charge in [-0.15, -0.1) is 11.3 Å². The predicted molar refractivity (Wildman–Crippen MR) is 80.8 cm³/mol. The van der Waals surface area contributed by atoms with Crippen LogP contribution in [0.3, 0.4) is 0 Å². The second kappa shape index (κ2) is 5.53. The van der Waals surface area contributed by atoms with Crippen LogP contribution in [-0.4, -0.2) is 28.0 Å². The van der Waals surface area contributed by atoms with Gasteiger partial charge in [0.15, 0.2) is 0 Å². The summed E-state index contributed by atoms with van der Waals surface area (Å²) in [7, 11) is 0. The lowest BCUT2D eigenvalue weighted by atomic mass is 10.0. The first-order chi connectivity index (χ1) is 10.5. The van der Waals surface area contributed by atoms with Crippen molar-refractivity contribution >= 4 is 33.4 Å². The van der Waals surface area contributed by atoms with Crippen molar-refractivity contribution in [1.82, 2.24) is 9.55 Å². The fourth-order valence-electron chi connectivity index (χ4n) is 2.83. The lowest BCUT2D eigenvalue weighted by Crippen LogP contribution is -2.28. The van der Waals surface area contributed by atoms with Crippen molar-refractivity contribution in [3.8, 4) is 0 Å². The molecule has 1 amide bonds. The molecule has 2 N–H and O–H groups in total. The molecule has 22 heavy (non-hydrogen) atoms. The number of amides is 1. The van der Waals surface area contributed by atoms with Crippen molar-refractivity contribution in [1.29, 1.82) is 0 Å². The molecule has 1 atom stereocenters. The molecular weight excluding hydrogens is 306 g/mol. The minimum atomic E-state index is -0.614. The molecule has 0 bridgehead atoms. The molecule has 0 radical (unpaired) electrons. The number of nitrogens with zero attached hydrogens (tertiary/aromatic N) is 2. The summed E-state index contributed by atoms with van der Waals surface area (Å²) in [5, 5.41) is 0.416. The number of hydrogen-bond acceptors (Lipinski definition) is 6. The Morgan fingerprint density at radius 3 is 3.00 bits per heavy atom. The van der Waals surface area contributed by atoms with E-state index in [1.807, 2.05) is 0 Å². The van der Waals surface area contributed by atoms with E-state index in [1.165, 1.54) is 22.2 Å². The van der Waals surface area contributed by atoms with E-state index >= 15 is 0 Å². The standard InChI is InChI=1S/C14H15N3O4S/c1-2-21-14(20)7-3-4-8-10(7)11-12(22-8)16-6-17(13(11)19)5-9(15)18/h6-7H,2-5H2,1H3,(H2,15,18). The first-order valence-electron chi connectivity index (χ1n) is 6.98. The molecule has 0 saturated carbocycles. The third-order valence-electron chi connectivity index (χ3n) is 3.70. The van der Waals surface area contributed by atoms with Crippen LogP contribution >= 0.6 is 11.3 Å². The molecule has 116 valence electrons. The number of esters is 1. The number of carbonyl (C=O) groups excluding carboxylic acids is 2. The van der Waals surface area contributed by atoms with Gasteiger partial charge in [0.05, 0.1) is 24.2 Å². The summed E-state index contributed by atoms with van der Waals surface area (Å²) < 4.78 is 6.28. The van der Waals surface area contributed by atoms with Crippen LogP contribution in [0.25, 0.3) is 10.2 Å². The molecular formula is C14H15N3O4S. The summed E-state index contributed by atoms with van der Waals surface area (Å²) in [5.41, 5.74) is 5.52. The van der Waals surface area contributed by atoms with Crippen LogP contribution < -0.4 is 11.3 Å². The Balaban J connectivity index is 2.15. The molecule has 0 aliphatic heterocycles. The normalized spacial score (nSPS) is 16.7. The third-order valence-corrected chi connectivity index (χ3v) is 4.87. The number of carbonyl (C=O) groups is 2. The van der Waals surface area contributed by atoms with Gasteiger partial charge in [0.1, 0.15) is 11.4 Å². The quantitative estimate of drug-likeness (QED) is 0.827. The summed E-state index contributed by atoms with van der Waals surface area (Å²) in [6.45, 7) is 1.83. The van der Waals surface area contributed by atoms with Crippen molar-refractivity contribution in [2.45, 2.75) is 32.2 Å². The Kier molecular flexibility index (Phi) is 3.69. The summed E-state index contributed by atoms with van der Waals surface area (Å²) in [5.74, 6) is -1.36. The number of nitrogens with two attached hydrogens (primary N) is 1. The van der Waals surface area contributed by atoms with Crippen LogP contribution in [0.1, 0.15) is 29.7 Å². The lowest BCUT2D eigenvalue weighted by molar-refractivity contribution is -0.144. The maximum absolute atomic E-state index is 12.6. The fraction of sp³-hybridized carbons (Fsp3) is 0.429. The van der Waals surface area contributed by atoms with E-state index in [-0.39, 0.29) is 18.1 Å². The molecule has 2 heterocycles. The fourth-order valence-corrected chi connectivity index (χ4v) is 4.03. The number of aromatic nitrogens is 2. The molecule has 1 aliphatic rings. The first kappa shape index (κ1) is 14.7. The smallest absolute Gasteiger partial charge is 0.313 e. The van der Waals surface area contributed by atoms with Crippen molar-refractivity contribution < 1.29 is 14.3 Å². The minimum absolute atomic E-state index is 0.226. The van der Waals surface area contributed by atoms with Gasteiger partial charge in [-0.2, -0.15) is 0 Å². The van der Waals surface area contributed by atoms with Crippen molar-refractivity contribution in [2.75, 3.05) is 6.61 Å². The van der Waals surface area contributed by atoms with E-state index in [9.17, 15) is 14.4 Å². The van der Waals surface area contributed by atoms with Crippen LogP contribution in [0.15, 0.2) is 11.1 Å². The number of thiophene rings is 1. The van der Waals surface area contributed by atoms with Crippen molar-refractivity contribution in [3.63, 3.8) is 0 Å². The highest BCUT2D eigenvalue weighted by Gasteiger charge is 2.35. The highest BCUT2D eigenvalue weighted by Crippen LogP contribution is 2.42. The maximum Gasteiger partial charge on any atom is 0.313 e. The van der Waals surface area contributed by atoms with Gasteiger partial charge < -0.3 is 10.5 Å². The maximum atomic E-state index is 12.6. The number of fused-ring (bicyclic) bond motifs is 3. The topological polar surface area (TPSA) is 104 Å². The van der Waals surface area contributed by atoms with Gasteiger partial charge >= 0.3 is 5.97 Å². The number of ether oxygens (including phenoxy) is 1. The zero-order chi connectivity index (χ0) is 15.9. The number of aryl methyl sites for hydroxylation is 1. The zero-order valence-corrected chi connectivity index (χ0v) is 12.8. The molecule has 1 unspecified atom stereocenters. The summed E-state index contributed by atoms with van der Waals surface area (Å²) in [6.07, 6.45) is 2.69.